The van der Waals surface area contributed by atoms with Crippen LogP contribution in [-0.2, 0) is 24.1 Å². The Balaban J connectivity index is 0.000000305. The number of aryl methyl sites for hydroxylation is 3. The minimum atomic E-state index is -0.560. The predicted octanol–water partition coefficient (Wildman–Crippen LogP) is 7.64. The first-order chi connectivity index (χ1) is 21.0. The molecule has 0 unspecified atom stereocenters. The summed E-state index contributed by atoms with van der Waals surface area (Å²) in [6.45, 7) is 14.5. The van der Waals surface area contributed by atoms with Crippen LogP contribution >= 0.6 is 0 Å². The van der Waals surface area contributed by atoms with Crippen molar-refractivity contribution in [3.8, 4) is 16.9 Å². The lowest BCUT2D eigenvalue weighted by Crippen LogP contribution is -2.32. The molecular weight excluding hydrogens is 550 g/mol. The van der Waals surface area contributed by atoms with E-state index in [0.717, 1.165) is 65.2 Å². The van der Waals surface area contributed by atoms with Crippen LogP contribution in [0.1, 0.15) is 67.4 Å². The second kappa shape index (κ2) is 14.2. The van der Waals surface area contributed by atoms with Crippen molar-refractivity contribution in [2.24, 2.45) is 0 Å². The average Bonchev–Trinajstić information content (AvgIpc) is 3.02. The Labute approximate surface area is 260 Å². The molecular formula is C37H43N3O4. The first-order valence-electron chi connectivity index (χ1n) is 15.1. The number of carbonyl (C=O) groups excluding carboxylic acids is 1. The van der Waals surface area contributed by atoms with Gasteiger partial charge in [-0.2, -0.15) is 0 Å². The molecule has 0 bridgehead atoms. The number of alkyl carbamates (subject to hydrolysis) is 1. The highest BCUT2D eigenvalue weighted by Crippen LogP contribution is 2.32. The van der Waals surface area contributed by atoms with Crippen molar-refractivity contribution in [1.29, 1.82) is 0 Å². The number of hydrogen-bond acceptors (Lipinski definition) is 5. The molecule has 2 heterocycles. The van der Waals surface area contributed by atoms with Crippen LogP contribution in [0.25, 0.3) is 16.8 Å². The molecule has 0 atom stereocenters. The molecule has 4 aromatic rings. The largest absolute Gasteiger partial charge is 0.488 e. The standard InChI is InChI=1S/C26H29N3O3.C11H14O/c1-6-9-24-27-18(3)17(2)25(30)29(24)16-20-12-14-21(15-13-20)23-11-8-7-10-22(23)19(4)28-26(31)32-5;1-11(2)8-7-9-5-3-4-6-10(9)12-11/h7-8,10-15H,4,6,9,16H2,1-3,5H3,(H,28,31);3-6H,7-8H2,1-2H3. The molecule has 230 valence electrons. The van der Waals surface area contributed by atoms with Gasteiger partial charge in [-0.05, 0) is 75.3 Å². The summed E-state index contributed by atoms with van der Waals surface area (Å²) in [5.41, 5.74) is 7.08. The summed E-state index contributed by atoms with van der Waals surface area (Å²) in [6, 6.07) is 24.1. The second-order valence-corrected chi connectivity index (χ2v) is 11.7. The molecule has 5 rings (SSSR count). The fourth-order valence-corrected chi connectivity index (χ4v) is 5.20. The van der Waals surface area contributed by atoms with E-state index in [1.165, 1.54) is 12.7 Å². The van der Waals surface area contributed by atoms with E-state index >= 15 is 0 Å². The average molecular weight is 594 g/mol. The van der Waals surface area contributed by atoms with Crippen LogP contribution in [0.5, 0.6) is 5.75 Å². The normalized spacial score (nSPS) is 13.0. The zero-order chi connectivity index (χ0) is 31.9. The lowest BCUT2D eigenvalue weighted by molar-refractivity contribution is 0.0847. The van der Waals surface area contributed by atoms with E-state index in [0.29, 0.717) is 17.8 Å². The van der Waals surface area contributed by atoms with Crippen molar-refractivity contribution in [1.82, 2.24) is 14.9 Å². The van der Waals surface area contributed by atoms with Gasteiger partial charge in [0.15, 0.2) is 0 Å². The number of methoxy groups -OCH3 is 1. The van der Waals surface area contributed by atoms with Gasteiger partial charge < -0.3 is 9.47 Å². The van der Waals surface area contributed by atoms with Crippen molar-refractivity contribution < 1.29 is 14.3 Å². The zero-order valence-electron chi connectivity index (χ0n) is 26.7. The van der Waals surface area contributed by atoms with Crippen LogP contribution < -0.4 is 15.6 Å². The molecule has 1 aromatic heterocycles. The number of benzene rings is 3. The molecule has 0 saturated heterocycles. The third-order valence-corrected chi connectivity index (χ3v) is 7.84. The number of nitrogens with one attached hydrogen (secondary N) is 1. The van der Waals surface area contributed by atoms with Crippen molar-refractivity contribution >= 4 is 11.8 Å². The predicted molar refractivity (Wildman–Crippen MR) is 177 cm³/mol. The number of fused-ring (bicyclic) bond motifs is 1. The molecule has 1 aliphatic heterocycles. The molecule has 0 spiro atoms. The molecule has 0 radical (unpaired) electrons. The van der Waals surface area contributed by atoms with E-state index in [4.69, 9.17) is 4.74 Å². The number of para-hydroxylation sites is 1. The number of rotatable bonds is 7. The topological polar surface area (TPSA) is 82.5 Å². The highest BCUT2D eigenvalue weighted by Gasteiger charge is 2.25. The highest BCUT2D eigenvalue weighted by atomic mass is 16.5. The third kappa shape index (κ3) is 7.84. The van der Waals surface area contributed by atoms with Crippen LogP contribution in [0.2, 0.25) is 0 Å². The Hall–Kier alpha value is -4.65. The summed E-state index contributed by atoms with van der Waals surface area (Å²) in [6.07, 6.45) is 3.38. The van der Waals surface area contributed by atoms with Gasteiger partial charge in [-0.3, -0.25) is 14.7 Å². The lowest BCUT2D eigenvalue weighted by Gasteiger charge is -2.32. The summed E-state index contributed by atoms with van der Waals surface area (Å²) in [5.74, 6) is 1.88. The number of nitrogens with zero attached hydrogens (tertiary/aromatic N) is 2. The monoisotopic (exact) mass is 593 g/mol. The maximum absolute atomic E-state index is 12.9. The number of ether oxygens (including phenoxy) is 2. The Morgan fingerprint density at radius 3 is 2.43 bits per heavy atom. The van der Waals surface area contributed by atoms with E-state index in [1.807, 2.05) is 68.4 Å². The second-order valence-electron chi connectivity index (χ2n) is 11.7. The van der Waals surface area contributed by atoms with E-state index in [-0.39, 0.29) is 11.2 Å². The van der Waals surface area contributed by atoms with Gasteiger partial charge in [0, 0.05) is 28.9 Å². The van der Waals surface area contributed by atoms with Crippen molar-refractivity contribution in [3.63, 3.8) is 0 Å². The van der Waals surface area contributed by atoms with Gasteiger partial charge in [0.25, 0.3) is 5.56 Å². The smallest absolute Gasteiger partial charge is 0.411 e. The van der Waals surface area contributed by atoms with Crippen LogP contribution in [0.3, 0.4) is 0 Å². The zero-order valence-corrected chi connectivity index (χ0v) is 26.7. The Kier molecular flexibility index (Phi) is 10.4. The van der Waals surface area contributed by atoms with Crippen LogP contribution in [0, 0.1) is 13.8 Å². The molecule has 1 aliphatic rings. The third-order valence-electron chi connectivity index (χ3n) is 7.84. The Bertz CT molecular complexity index is 1690. The maximum Gasteiger partial charge on any atom is 0.411 e. The first-order valence-corrected chi connectivity index (χ1v) is 15.1. The maximum atomic E-state index is 12.9. The molecule has 3 aromatic carbocycles. The number of aromatic nitrogens is 2. The fourth-order valence-electron chi connectivity index (χ4n) is 5.20. The Morgan fingerprint density at radius 2 is 1.73 bits per heavy atom. The first kappa shape index (κ1) is 32.3. The molecule has 1 amide bonds. The Morgan fingerprint density at radius 1 is 1.05 bits per heavy atom. The molecule has 0 aliphatic carbocycles. The number of amides is 1. The summed E-state index contributed by atoms with van der Waals surface area (Å²) in [5, 5.41) is 2.63. The summed E-state index contributed by atoms with van der Waals surface area (Å²) in [4.78, 5) is 29.1. The van der Waals surface area contributed by atoms with Gasteiger partial charge in [0.05, 0.1) is 13.7 Å². The fraction of sp³-hybridized carbons (Fsp3) is 0.324. The lowest BCUT2D eigenvalue weighted by atomic mass is 9.94. The van der Waals surface area contributed by atoms with E-state index in [2.05, 4.69) is 60.6 Å². The summed E-state index contributed by atoms with van der Waals surface area (Å²) >= 11 is 0. The molecule has 44 heavy (non-hydrogen) atoms. The van der Waals surface area contributed by atoms with Crippen molar-refractivity contribution in [3.05, 3.63) is 124 Å². The van der Waals surface area contributed by atoms with Gasteiger partial charge in [-0.1, -0.05) is 80.2 Å². The van der Waals surface area contributed by atoms with Gasteiger partial charge >= 0.3 is 6.09 Å². The quantitative estimate of drug-likeness (QED) is 0.238. The van der Waals surface area contributed by atoms with E-state index < -0.39 is 6.09 Å². The SMILES string of the molecule is C=C(NC(=O)OC)c1ccccc1-c1ccc(Cn2c(CCC)nc(C)c(C)c2=O)cc1.CC1(C)CCc2ccccc2O1. The van der Waals surface area contributed by atoms with Crippen molar-refractivity contribution in [2.45, 2.75) is 72.4 Å². The van der Waals surface area contributed by atoms with Gasteiger partial charge in [-0.15, -0.1) is 0 Å². The van der Waals surface area contributed by atoms with E-state index in [9.17, 15) is 9.59 Å². The van der Waals surface area contributed by atoms with Gasteiger partial charge in [0.1, 0.15) is 17.2 Å². The molecule has 7 heteroatoms. The minimum absolute atomic E-state index is 0.0144. The van der Waals surface area contributed by atoms with Crippen LogP contribution in [0.15, 0.2) is 84.2 Å². The van der Waals surface area contributed by atoms with Crippen molar-refractivity contribution in [2.75, 3.05) is 7.11 Å². The summed E-state index contributed by atoms with van der Waals surface area (Å²) in [7, 11) is 1.32. The van der Waals surface area contributed by atoms with Crippen LogP contribution in [0.4, 0.5) is 4.79 Å². The van der Waals surface area contributed by atoms with Crippen LogP contribution in [-0.4, -0.2) is 28.4 Å². The molecule has 1 N–H and O–H groups in total. The summed E-state index contributed by atoms with van der Waals surface area (Å²) < 4.78 is 12.3. The molecule has 0 saturated carbocycles. The highest BCUT2D eigenvalue weighted by molar-refractivity contribution is 5.86. The molecule has 0 fully saturated rings. The number of hydrogen-bond donors (Lipinski definition) is 1. The minimum Gasteiger partial charge on any atom is -0.488 e. The van der Waals surface area contributed by atoms with Gasteiger partial charge in [0.2, 0.25) is 0 Å². The molecule has 7 nitrogen and oxygen atoms in total. The number of carbonyl (C=O) groups is 1. The van der Waals surface area contributed by atoms with E-state index in [1.54, 1.807) is 4.57 Å². The van der Waals surface area contributed by atoms with Gasteiger partial charge in [-0.25, -0.2) is 9.78 Å².